The normalized spacial score (nSPS) is 10.6. The lowest BCUT2D eigenvalue weighted by atomic mass is 10.1. The highest BCUT2D eigenvalue weighted by atomic mass is 35.5. The van der Waals surface area contributed by atoms with Gasteiger partial charge >= 0.3 is 5.97 Å². The van der Waals surface area contributed by atoms with Crippen LogP contribution in [0.5, 0.6) is 0 Å². The monoisotopic (exact) mass is 469 g/mol. The highest BCUT2D eigenvalue weighted by Gasteiger charge is 2.19. The van der Waals surface area contributed by atoms with Crippen LogP contribution in [0.2, 0.25) is 5.02 Å². The summed E-state index contributed by atoms with van der Waals surface area (Å²) >= 11 is 5.93. The summed E-state index contributed by atoms with van der Waals surface area (Å²) in [6.45, 7) is 0. The van der Waals surface area contributed by atoms with Crippen molar-refractivity contribution in [1.82, 2.24) is 0 Å². The predicted octanol–water partition coefficient (Wildman–Crippen LogP) is 5.26. The molecule has 3 aromatic rings. The maximum Gasteiger partial charge on any atom is 0.364 e. The van der Waals surface area contributed by atoms with Gasteiger partial charge in [-0.2, -0.15) is 0 Å². The Hall–Kier alpha value is -4.71. The average molecular weight is 470 g/mol. The summed E-state index contributed by atoms with van der Waals surface area (Å²) in [5, 5.41) is 29.2. The molecule has 13 heteroatoms. The van der Waals surface area contributed by atoms with E-state index in [1.807, 2.05) is 0 Å². The van der Waals surface area contributed by atoms with Crippen LogP contribution >= 0.6 is 11.6 Å². The number of rotatable bonds is 7. The van der Waals surface area contributed by atoms with Gasteiger partial charge in [0, 0.05) is 12.1 Å². The molecule has 0 saturated carbocycles. The molecule has 0 atom stereocenters. The summed E-state index contributed by atoms with van der Waals surface area (Å²) in [6, 6.07) is 14.7. The van der Waals surface area contributed by atoms with E-state index < -0.39 is 33.1 Å². The number of anilines is 1. The number of hydrogen-bond donors (Lipinski definition) is 1. The minimum Gasteiger partial charge on any atom is -0.338 e. The van der Waals surface area contributed by atoms with Gasteiger partial charge in [-0.1, -0.05) is 23.7 Å². The third-order valence-electron chi connectivity index (χ3n) is 4.05. The first-order valence-electron chi connectivity index (χ1n) is 8.96. The summed E-state index contributed by atoms with van der Waals surface area (Å²) < 4.78 is 0. The summed E-state index contributed by atoms with van der Waals surface area (Å²) in [5.41, 5.74) is 1.64. The van der Waals surface area contributed by atoms with Gasteiger partial charge < -0.3 is 4.84 Å². The Morgan fingerprint density at radius 2 is 1.52 bits per heavy atom. The molecule has 0 unspecified atom stereocenters. The Morgan fingerprint density at radius 1 is 0.909 bits per heavy atom. The standard InChI is InChI=1S/C20H12ClN5O7/c21-18-4-2-1-3-17(18)20(28)33-24-14-7-5-13(6-8-14)22-23-19(27)12-9-15(25(29)30)11-16(10-12)26(31)32/h1-11,24H. The van der Waals surface area contributed by atoms with Gasteiger partial charge in [0.25, 0.3) is 17.3 Å². The van der Waals surface area contributed by atoms with Gasteiger partial charge in [-0.25, -0.2) is 10.3 Å². The minimum absolute atomic E-state index is 0.178. The third-order valence-corrected chi connectivity index (χ3v) is 4.38. The fourth-order valence-corrected chi connectivity index (χ4v) is 2.69. The van der Waals surface area contributed by atoms with Crippen molar-refractivity contribution in [3.8, 4) is 0 Å². The van der Waals surface area contributed by atoms with Crippen LogP contribution in [0.3, 0.4) is 0 Å². The first-order chi connectivity index (χ1) is 15.7. The maximum atomic E-state index is 12.2. The van der Waals surface area contributed by atoms with Gasteiger partial charge in [0.1, 0.15) is 0 Å². The first kappa shape index (κ1) is 23.0. The van der Waals surface area contributed by atoms with Crippen molar-refractivity contribution in [2.45, 2.75) is 0 Å². The molecule has 0 fully saturated rings. The molecule has 1 N–H and O–H groups in total. The van der Waals surface area contributed by atoms with Crippen LogP contribution in [-0.2, 0) is 4.84 Å². The van der Waals surface area contributed by atoms with Gasteiger partial charge in [-0.15, -0.1) is 10.2 Å². The molecule has 0 bridgehead atoms. The third kappa shape index (κ3) is 5.92. The van der Waals surface area contributed by atoms with E-state index >= 15 is 0 Å². The average Bonchev–Trinajstić information content (AvgIpc) is 2.81. The summed E-state index contributed by atoms with van der Waals surface area (Å²) in [4.78, 5) is 49.3. The highest BCUT2D eigenvalue weighted by molar-refractivity contribution is 6.33. The number of benzene rings is 3. The molecule has 166 valence electrons. The number of azo groups is 1. The van der Waals surface area contributed by atoms with Gasteiger partial charge in [0.15, 0.2) is 0 Å². The van der Waals surface area contributed by atoms with E-state index in [-0.39, 0.29) is 21.8 Å². The number of amides is 1. The largest absolute Gasteiger partial charge is 0.364 e. The number of nitrogens with zero attached hydrogens (tertiary/aromatic N) is 4. The lowest BCUT2D eigenvalue weighted by Crippen LogP contribution is -2.11. The van der Waals surface area contributed by atoms with E-state index in [1.165, 1.54) is 30.3 Å². The number of nitro benzene ring substituents is 2. The zero-order chi connectivity index (χ0) is 24.0. The Labute approximate surface area is 189 Å². The second kappa shape index (κ2) is 10.1. The Kier molecular flexibility index (Phi) is 7.00. The predicted molar refractivity (Wildman–Crippen MR) is 116 cm³/mol. The number of carbonyl (C=O) groups excluding carboxylic acids is 2. The Morgan fingerprint density at radius 3 is 2.09 bits per heavy atom. The molecule has 0 radical (unpaired) electrons. The second-order valence-electron chi connectivity index (χ2n) is 6.28. The van der Waals surface area contributed by atoms with Crippen LogP contribution in [0.15, 0.2) is 77.0 Å². The molecule has 0 aromatic heterocycles. The van der Waals surface area contributed by atoms with Crippen molar-refractivity contribution in [2.75, 3.05) is 5.48 Å². The van der Waals surface area contributed by atoms with E-state index in [0.717, 1.165) is 18.2 Å². The molecule has 12 nitrogen and oxygen atoms in total. The second-order valence-corrected chi connectivity index (χ2v) is 6.68. The number of non-ortho nitro benzene ring substituents is 2. The number of nitro groups is 2. The number of carbonyl (C=O) groups is 2. The number of halogens is 1. The van der Waals surface area contributed by atoms with E-state index in [4.69, 9.17) is 16.4 Å². The molecule has 3 aromatic carbocycles. The molecular formula is C20H12ClN5O7. The van der Waals surface area contributed by atoms with Crippen LogP contribution in [0.4, 0.5) is 22.7 Å². The van der Waals surface area contributed by atoms with Crippen LogP contribution in [0, 0.1) is 20.2 Å². The summed E-state index contributed by atoms with van der Waals surface area (Å²) in [5.74, 6) is -1.70. The SMILES string of the molecule is O=C(N=Nc1ccc(NOC(=O)c2ccccc2Cl)cc1)c1cc([N+](=O)[O-])cc([N+](=O)[O-])c1. The molecule has 0 aliphatic heterocycles. The molecule has 0 aliphatic rings. The van der Waals surface area contributed by atoms with Gasteiger partial charge in [0.2, 0.25) is 0 Å². The molecule has 3 rings (SSSR count). The molecule has 33 heavy (non-hydrogen) atoms. The molecule has 0 spiro atoms. The molecule has 0 heterocycles. The Bertz CT molecular complexity index is 1250. The zero-order valence-electron chi connectivity index (χ0n) is 16.4. The molecule has 0 saturated heterocycles. The van der Waals surface area contributed by atoms with Crippen LogP contribution in [0.25, 0.3) is 0 Å². The van der Waals surface area contributed by atoms with E-state index in [9.17, 15) is 29.8 Å². The summed E-state index contributed by atoms with van der Waals surface area (Å²) in [7, 11) is 0. The molecule has 1 amide bonds. The van der Waals surface area contributed by atoms with Gasteiger partial charge in [-0.05, 0) is 36.4 Å². The van der Waals surface area contributed by atoms with Crippen molar-refractivity contribution in [3.63, 3.8) is 0 Å². The van der Waals surface area contributed by atoms with Crippen LogP contribution in [0.1, 0.15) is 20.7 Å². The van der Waals surface area contributed by atoms with Crippen molar-refractivity contribution in [2.24, 2.45) is 10.2 Å². The fraction of sp³-hybridized carbons (Fsp3) is 0. The van der Waals surface area contributed by atoms with Gasteiger partial charge in [-0.3, -0.25) is 25.0 Å². The number of hydrogen-bond acceptors (Lipinski definition) is 9. The first-order valence-corrected chi connectivity index (χ1v) is 9.34. The van der Waals surface area contributed by atoms with E-state index in [2.05, 4.69) is 15.7 Å². The molecule has 0 aliphatic carbocycles. The lowest BCUT2D eigenvalue weighted by molar-refractivity contribution is -0.394. The van der Waals surface area contributed by atoms with Crippen LogP contribution in [-0.4, -0.2) is 21.7 Å². The topological polar surface area (TPSA) is 166 Å². The summed E-state index contributed by atoms with van der Waals surface area (Å²) in [6.07, 6.45) is 0. The van der Waals surface area contributed by atoms with Crippen molar-refractivity contribution in [1.29, 1.82) is 0 Å². The molecular weight excluding hydrogens is 458 g/mol. The van der Waals surface area contributed by atoms with Crippen LogP contribution < -0.4 is 5.48 Å². The fourth-order valence-electron chi connectivity index (χ4n) is 2.47. The quantitative estimate of drug-likeness (QED) is 0.277. The lowest BCUT2D eigenvalue weighted by Gasteiger charge is -2.07. The van der Waals surface area contributed by atoms with Gasteiger partial charge in [0.05, 0.1) is 43.4 Å². The number of nitrogens with one attached hydrogen (secondary N) is 1. The smallest absolute Gasteiger partial charge is 0.338 e. The maximum absolute atomic E-state index is 12.2. The Balaban J connectivity index is 1.66. The minimum atomic E-state index is -1.00. The van der Waals surface area contributed by atoms with Crippen molar-refractivity contribution < 1.29 is 24.3 Å². The highest BCUT2D eigenvalue weighted by Crippen LogP contribution is 2.24. The van der Waals surface area contributed by atoms with Crippen molar-refractivity contribution in [3.05, 3.63) is 103 Å². The van der Waals surface area contributed by atoms with E-state index in [0.29, 0.717) is 5.69 Å². The zero-order valence-corrected chi connectivity index (χ0v) is 17.1. The van der Waals surface area contributed by atoms with E-state index in [1.54, 1.807) is 18.2 Å². The van der Waals surface area contributed by atoms with Crippen molar-refractivity contribution >= 4 is 46.2 Å².